The third kappa shape index (κ3) is 4.44. The Morgan fingerprint density at radius 3 is 2.45 bits per heavy atom. The standard InChI is InChI=1S/C17H33NO2/c1-4-20-16-7-9-18(10-8-16)12-15-11-14(13(2)3)5-6-17(15)19/h13-17,19H,4-12H2,1-3H3. The third-order valence-electron chi connectivity index (χ3n) is 5.36. The van der Waals surface area contributed by atoms with Gasteiger partial charge in [0.05, 0.1) is 12.2 Å². The SMILES string of the molecule is CCOC1CCN(CC2CC(C(C)C)CCC2O)CC1. The summed E-state index contributed by atoms with van der Waals surface area (Å²) in [6, 6.07) is 0. The van der Waals surface area contributed by atoms with Crippen molar-refractivity contribution in [3.63, 3.8) is 0 Å². The molecule has 3 unspecified atom stereocenters. The molecule has 0 spiro atoms. The van der Waals surface area contributed by atoms with Crippen molar-refractivity contribution in [3.05, 3.63) is 0 Å². The number of hydrogen-bond donors (Lipinski definition) is 1. The predicted molar refractivity (Wildman–Crippen MR) is 82.8 cm³/mol. The first-order chi connectivity index (χ1) is 9.60. The minimum Gasteiger partial charge on any atom is -0.393 e. The molecule has 1 heterocycles. The molecule has 3 heteroatoms. The van der Waals surface area contributed by atoms with Crippen molar-refractivity contribution in [2.45, 2.75) is 65.1 Å². The monoisotopic (exact) mass is 283 g/mol. The van der Waals surface area contributed by atoms with Gasteiger partial charge in [0, 0.05) is 26.2 Å². The van der Waals surface area contributed by atoms with Gasteiger partial charge in [-0.3, -0.25) is 0 Å². The Morgan fingerprint density at radius 2 is 1.85 bits per heavy atom. The lowest BCUT2D eigenvalue weighted by molar-refractivity contribution is -0.0125. The molecule has 0 amide bonds. The smallest absolute Gasteiger partial charge is 0.0599 e. The molecule has 1 aliphatic carbocycles. The van der Waals surface area contributed by atoms with Crippen LogP contribution in [0.5, 0.6) is 0 Å². The Morgan fingerprint density at radius 1 is 1.15 bits per heavy atom. The van der Waals surface area contributed by atoms with Gasteiger partial charge in [0.25, 0.3) is 0 Å². The molecule has 20 heavy (non-hydrogen) atoms. The van der Waals surface area contributed by atoms with E-state index in [1.807, 2.05) is 0 Å². The van der Waals surface area contributed by atoms with Crippen LogP contribution in [-0.2, 0) is 4.74 Å². The lowest BCUT2D eigenvalue weighted by atomic mass is 9.74. The maximum atomic E-state index is 10.3. The number of aliphatic hydroxyl groups excluding tert-OH is 1. The van der Waals surface area contributed by atoms with E-state index in [1.165, 1.54) is 12.8 Å². The van der Waals surface area contributed by atoms with Gasteiger partial charge in [-0.05, 0) is 56.8 Å². The van der Waals surface area contributed by atoms with Gasteiger partial charge in [0.2, 0.25) is 0 Å². The molecule has 0 aromatic carbocycles. The summed E-state index contributed by atoms with van der Waals surface area (Å²) in [6.07, 6.45) is 6.13. The first-order valence-corrected chi connectivity index (χ1v) is 8.62. The molecule has 0 bridgehead atoms. The van der Waals surface area contributed by atoms with Crippen molar-refractivity contribution < 1.29 is 9.84 Å². The molecule has 3 nitrogen and oxygen atoms in total. The van der Waals surface area contributed by atoms with Crippen molar-refractivity contribution in [1.82, 2.24) is 4.90 Å². The number of ether oxygens (including phenoxy) is 1. The quantitative estimate of drug-likeness (QED) is 0.842. The molecule has 2 fully saturated rings. The largest absolute Gasteiger partial charge is 0.393 e. The first kappa shape index (κ1) is 16.3. The average Bonchev–Trinajstić information content (AvgIpc) is 2.43. The predicted octanol–water partition coefficient (Wildman–Crippen LogP) is 2.92. The molecule has 2 rings (SSSR count). The molecule has 2 aliphatic rings. The van der Waals surface area contributed by atoms with Gasteiger partial charge in [0.1, 0.15) is 0 Å². The summed E-state index contributed by atoms with van der Waals surface area (Å²) in [5.41, 5.74) is 0. The number of hydrogen-bond acceptors (Lipinski definition) is 3. The fourth-order valence-corrected chi connectivity index (χ4v) is 3.91. The Kier molecular flexibility index (Phi) is 6.31. The lowest BCUT2D eigenvalue weighted by Gasteiger charge is -2.40. The number of likely N-dealkylation sites (tertiary alicyclic amines) is 1. The summed E-state index contributed by atoms with van der Waals surface area (Å²) in [5.74, 6) is 2.05. The molecular weight excluding hydrogens is 250 g/mol. The molecule has 1 saturated heterocycles. The first-order valence-electron chi connectivity index (χ1n) is 8.62. The highest BCUT2D eigenvalue weighted by molar-refractivity contribution is 4.84. The molecule has 0 aromatic heterocycles. The average molecular weight is 283 g/mol. The van der Waals surface area contributed by atoms with E-state index in [2.05, 4.69) is 25.7 Å². The highest BCUT2D eigenvalue weighted by atomic mass is 16.5. The van der Waals surface area contributed by atoms with E-state index in [-0.39, 0.29) is 6.10 Å². The third-order valence-corrected chi connectivity index (χ3v) is 5.36. The Bertz CT molecular complexity index is 274. The second-order valence-electron chi connectivity index (χ2n) is 7.10. The van der Waals surface area contributed by atoms with Gasteiger partial charge in [-0.2, -0.15) is 0 Å². The van der Waals surface area contributed by atoms with Crippen molar-refractivity contribution in [2.24, 2.45) is 17.8 Å². The topological polar surface area (TPSA) is 32.7 Å². The zero-order valence-electron chi connectivity index (χ0n) is 13.6. The van der Waals surface area contributed by atoms with Gasteiger partial charge in [-0.25, -0.2) is 0 Å². The van der Waals surface area contributed by atoms with Gasteiger partial charge >= 0.3 is 0 Å². The molecule has 1 saturated carbocycles. The van der Waals surface area contributed by atoms with E-state index >= 15 is 0 Å². The van der Waals surface area contributed by atoms with Crippen LogP contribution in [0.15, 0.2) is 0 Å². The molecule has 0 radical (unpaired) electrons. The Balaban J connectivity index is 1.77. The van der Waals surface area contributed by atoms with Crippen LogP contribution in [0, 0.1) is 17.8 Å². The van der Waals surface area contributed by atoms with Crippen molar-refractivity contribution in [2.75, 3.05) is 26.2 Å². The van der Waals surface area contributed by atoms with E-state index in [9.17, 15) is 5.11 Å². The van der Waals surface area contributed by atoms with Crippen molar-refractivity contribution in [1.29, 1.82) is 0 Å². The summed E-state index contributed by atoms with van der Waals surface area (Å²) in [6.45, 7) is 10.9. The number of nitrogens with zero attached hydrogens (tertiary/aromatic N) is 1. The Hall–Kier alpha value is -0.120. The second-order valence-corrected chi connectivity index (χ2v) is 7.10. The molecule has 0 aromatic rings. The van der Waals surface area contributed by atoms with E-state index in [0.717, 1.165) is 57.3 Å². The van der Waals surface area contributed by atoms with E-state index in [4.69, 9.17) is 4.74 Å². The highest BCUT2D eigenvalue weighted by Crippen LogP contribution is 2.34. The van der Waals surface area contributed by atoms with Crippen LogP contribution in [-0.4, -0.2) is 48.5 Å². The fourth-order valence-electron chi connectivity index (χ4n) is 3.91. The molecular formula is C17H33NO2. The van der Waals surface area contributed by atoms with Gasteiger partial charge in [0.15, 0.2) is 0 Å². The summed E-state index contributed by atoms with van der Waals surface area (Å²) >= 11 is 0. The van der Waals surface area contributed by atoms with Crippen LogP contribution in [0.4, 0.5) is 0 Å². The van der Waals surface area contributed by atoms with Gasteiger partial charge < -0.3 is 14.7 Å². The van der Waals surface area contributed by atoms with Crippen LogP contribution in [0.25, 0.3) is 0 Å². The summed E-state index contributed by atoms with van der Waals surface area (Å²) in [4.78, 5) is 2.55. The molecule has 118 valence electrons. The van der Waals surface area contributed by atoms with Gasteiger partial charge in [-0.1, -0.05) is 13.8 Å². The van der Waals surface area contributed by atoms with E-state index in [1.54, 1.807) is 0 Å². The minimum absolute atomic E-state index is 0.0744. The summed E-state index contributed by atoms with van der Waals surface area (Å²) in [7, 11) is 0. The summed E-state index contributed by atoms with van der Waals surface area (Å²) < 4.78 is 5.71. The maximum absolute atomic E-state index is 10.3. The van der Waals surface area contributed by atoms with Crippen LogP contribution in [0.1, 0.15) is 52.9 Å². The number of piperidine rings is 1. The molecule has 1 aliphatic heterocycles. The second kappa shape index (κ2) is 7.77. The zero-order valence-corrected chi connectivity index (χ0v) is 13.6. The number of rotatable bonds is 5. The Labute approximate surface area is 124 Å². The number of aliphatic hydroxyl groups is 1. The maximum Gasteiger partial charge on any atom is 0.0599 e. The van der Waals surface area contributed by atoms with Crippen LogP contribution < -0.4 is 0 Å². The lowest BCUT2D eigenvalue weighted by Crippen LogP contribution is -2.44. The summed E-state index contributed by atoms with van der Waals surface area (Å²) in [5, 5.41) is 10.3. The highest BCUT2D eigenvalue weighted by Gasteiger charge is 2.32. The van der Waals surface area contributed by atoms with Crippen LogP contribution in [0.3, 0.4) is 0 Å². The van der Waals surface area contributed by atoms with Gasteiger partial charge in [-0.15, -0.1) is 0 Å². The van der Waals surface area contributed by atoms with Crippen LogP contribution >= 0.6 is 0 Å². The fraction of sp³-hybridized carbons (Fsp3) is 1.00. The normalized spacial score (nSPS) is 33.8. The molecule has 1 N–H and O–H groups in total. The van der Waals surface area contributed by atoms with Crippen molar-refractivity contribution in [3.8, 4) is 0 Å². The van der Waals surface area contributed by atoms with E-state index in [0.29, 0.717) is 12.0 Å². The molecule has 3 atom stereocenters. The van der Waals surface area contributed by atoms with E-state index < -0.39 is 0 Å². The minimum atomic E-state index is -0.0744. The van der Waals surface area contributed by atoms with Crippen LogP contribution in [0.2, 0.25) is 0 Å². The van der Waals surface area contributed by atoms with Crippen molar-refractivity contribution >= 4 is 0 Å². The zero-order chi connectivity index (χ0) is 14.5.